The molecule has 154 valence electrons. The zero-order chi connectivity index (χ0) is 21.1. The lowest BCUT2D eigenvalue weighted by molar-refractivity contribution is -0.120. The first-order valence-electron chi connectivity index (χ1n) is 9.67. The van der Waals surface area contributed by atoms with Crippen LogP contribution in [-0.2, 0) is 11.3 Å². The molecule has 0 fully saturated rings. The van der Waals surface area contributed by atoms with E-state index in [1.165, 1.54) is 4.90 Å². The van der Waals surface area contributed by atoms with Gasteiger partial charge in [0, 0.05) is 12.7 Å². The number of aromatic nitrogens is 2. The van der Waals surface area contributed by atoms with Crippen molar-refractivity contribution in [2.24, 2.45) is 0 Å². The molecular formula is C22H23N5O3. The van der Waals surface area contributed by atoms with Crippen LogP contribution >= 0.6 is 0 Å². The molecule has 8 nitrogen and oxygen atoms in total. The number of likely N-dealkylation sites (N-methyl/N-ethyl adjacent to an activating group) is 1. The van der Waals surface area contributed by atoms with E-state index in [0.29, 0.717) is 18.0 Å². The van der Waals surface area contributed by atoms with Crippen molar-refractivity contribution >= 4 is 23.2 Å². The number of H-pyrrole nitrogens is 1. The van der Waals surface area contributed by atoms with Crippen LogP contribution < -0.4 is 20.3 Å². The van der Waals surface area contributed by atoms with Gasteiger partial charge in [-0.15, -0.1) is 0 Å². The Hall–Kier alpha value is -3.81. The van der Waals surface area contributed by atoms with Gasteiger partial charge in [0.05, 0.1) is 17.9 Å². The Labute approximate surface area is 174 Å². The van der Waals surface area contributed by atoms with Gasteiger partial charge in [-0.1, -0.05) is 30.3 Å². The van der Waals surface area contributed by atoms with Crippen molar-refractivity contribution in [1.29, 1.82) is 0 Å². The molecule has 3 N–H and O–H groups in total. The van der Waals surface area contributed by atoms with E-state index in [2.05, 4.69) is 20.8 Å². The largest absolute Gasteiger partial charge is 0.489 e. The molecule has 0 bridgehead atoms. The topological polar surface area (TPSA) is 99.3 Å². The van der Waals surface area contributed by atoms with Crippen molar-refractivity contribution in [3.05, 3.63) is 71.5 Å². The molecule has 0 saturated heterocycles. The van der Waals surface area contributed by atoms with Gasteiger partial charge in [0.1, 0.15) is 24.1 Å². The van der Waals surface area contributed by atoms with Crippen molar-refractivity contribution in [3.63, 3.8) is 0 Å². The number of hydrogen-bond donors (Lipinski definition) is 3. The molecule has 0 radical (unpaired) electrons. The lowest BCUT2D eigenvalue weighted by Gasteiger charge is -2.19. The molecule has 0 aliphatic carbocycles. The molecule has 2 amide bonds. The Morgan fingerprint density at radius 3 is 2.83 bits per heavy atom. The number of anilines is 2. The molecule has 1 aromatic heterocycles. The summed E-state index contributed by atoms with van der Waals surface area (Å²) in [5, 5.41) is 13.0. The number of nitrogens with zero attached hydrogens (tertiary/aromatic N) is 2. The number of aromatic amines is 1. The maximum absolute atomic E-state index is 12.8. The highest BCUT2D eigenvalue weighted by molar-refractivity contribution is 6.02. The predicted octanol–water partition coefficient (Wildman–Crippen LogP) is 2.48. The molecule has 1 aliphatic heterocycles. The van der Waals surface area contributed by atoms with Crippen LogP contribution in [0.15, 0.2) is 54.6 Å². The summed E-state index contributed by atoms with van der Waals surface area (Å²) in [7, 11) is 1.67. The number of benzene rings is 2. The number of amides is 2. The fourth-order valence-corrected chi connectivity index (χ4v) is 3.32. The molecule has 8 heteroatoms. The van der Waals surface area contributed by atoms with E-state index in [1.54, 1.807) is 25.2 Å². The maximum Gasteiger partial charge on any atom is 0.272 e. The highest BCUT2D eigenvalue weighted by Crippen LogP contribution is 2.29. The zero-order valence-electron chi connectivity index (χ0n) is 16.8. The van der Waals surface area contributed by atoms with E-state index in [9.17, 15) is 9.59 Å². The molecule has 1 aliphatic rings. The summed E-state index contributed by atoms with van der Waals surface area (Å²) in [6, 6.07) is 16.1. The van der Waals surface area contributed by atoms with Gasteiger partial charge in [0.2, 0.25) is 0 Å². The van der Waals surface area contributed by atoms with Gasteiger partial charge in [-0.05, 0) is 36.8 Å². The minimum Gasteiger partial charge on any atom is -0.489 e. The molecule has 2 heterocycles. The van der Waals surface area contributed by atoms with Crippen molar-refractivity contribution in [1.82, 2.24) is 15.5 Å². The van der Waals surface area contributed by atoms with E-state index in [-0.39, 0.29) is 18.2 Å². The Balaban J connectivity index is 1.40. The van der Waals surface area contributed by atoms with E-state index < -0.39 is 11.9 Å². The minimum atomic E-state index is -0.805. The van der Waals surface area contributed by atoms with Crippen molar-refractivity contribution in [2.75, 3.05) is 23.9 Å². The number of carbonyl (C=O) groups excluding carboxylic acids is 2. The average Bonchev–Trinajstić information content (AvgIpc) is 3.20. The molecule has 4 rings (SSSR count). The van der Waals surface area contributed by atoms with Crippen LogP contribution in [0.5, 0.6) is 5.75 Å². The summed E-state index contributed by atoms with van der Waals surface area (Å²) in [5.41, 5.74) is 3.79. The third-order valence-corrected chi connectivity index (χ3v) is 5.04. The van der Waals surface area contributed by atoms with Gasteiger partial charge in [-0.3, -0.25) is 14.7 Å². The molecule has 0 saturated carbocycles. The fraction of sp³-hybridized carbons (Fsp3) is 0.227. The first-order valence-corrected chi connectivity index (χ1v) is 9.67. The highest BCUT2D eigenvalue weighted by Gasteiger charge is 2.31. The second kappa shape index (κ2) is 8.28. The van der Waals surface area contributed by atoms with E-state index >= 15 is 0 Å². The van der Waals surface area contributed by atoms with Crippen molar-refractivity contribution in [3.8, 4) is 5.75 Å². The lowest BCUT2D eigenvalue weighted by Crippen LogP contribution is -2.49. The van der Waals surface area contributed by atoms with Gasteiger partial charge in [0.15, 0.2) is 0 Å². The third kappa shape index (κ3) is 3.98. The molecule has 1 atom stereocenters. The fourth-order valence-electron chi connectivity index (χ4n) is 3.32. The van der Waals surface area contributed by atoms with Crippen LogP contribution in [0, 0.1) is 6.92 Å². The van der Waals surface area contributed by atoms with Crippen LogP contribution in [0.25, 0.3) is 0 Å². The van der Waals surface area contributed by atoms with Gasteiger partial charge < -0.3 is 20.3 Å². The van der Waals surface area contributed by atoms with E-state index in [4.69, 9.17) is 4.74 Å². The number of ether oxygens (including phenoxy) is 1. The van der Waals surface area contributed by atoms with Gasteiger partial charge >= 0.3 is 0 Å². The van der Waals surface area contributed by atoms with Crippen LogP contribution in [-0.4, -0.2) is 41.7 Å². The summed E-state index contributed by atoms with van der Waals surface area (Å²) < 4.78 is 5.73. The first kappa shape index (κ1) is 19.5. The van der Waals surface area contributed by atoms with E-state index in [0.717, 1.165) is 16.9 Å². The summed E-state index contributed by atoms with van der Waals surface area (Å²) in [6.07, 6.45) is 0. The van der Waals surface area contributed by atoms with Crippen molar-refractivity contribution in [2.45, 2.75) is 19.5 Å². The molecule has 0 spiro atoms. The Morgan fingerprint density at radius 2 is 2.00 bits per heavy atom. The van der Waals surface area contributed by atoms with Crippen molar-refractivity contribution < 1.29 is 14.3 Å². The Bertz CT molecular complexity index is 1080. The normalized spacial score (nSPS) is 15.7. The molecular weight excluding hydrogens is 382 g/mol. The number of aryl methyl sites for hydroxylation is 1. The highest BCUT2D eigenvalue weighted by atomic mass is 16.5. The summed E-state index contributed by atoms with van der Waals surface area (Å²) in [4.78, 5) is 26.9. The SMILES string of the molecule is Cc1ccccc1NCc1cc(C(=O)N[C@H]2COc3ccccc3N(C)C2=O)n[nH]1. The number of fused-ring (bicyclic) bond motifs is 1. The maximum atomic E-state index is 12.8. The second-order valence-corrected chi connectivity index (χ2v) is 7.15. The molecule has 2 aromatic carbocycles. The summed E-state index contributed by atoms with van der Waals surface area (Å²) >= 11 is 0. The zero-order valence-corrected chi connectivity index (χ0v) is 16.8. The second-order valence-electron chi connectivity index (χ2n) is 7.15. The summed E-state index contributed by atoms with van der Waals surface area (Å²) in [6.45, 7) is 2.57. The monoisotopic (exact) mass is 405 g/mol. The number of nitrogens with one attached hydrogen (secondary N) is 3. The standard InChI is InChI=1S/C22H23N5O3/c1-14-7-3-4-8-16(14)23-12-15-11-17(26-25-15)21(28)24-18-13-30-20-10-6-5-9-19(20)27(2)22(18)29/h3-11,18,23H,12-13H2,1-2H3,(H,24,28)(H,25,26)/t18-/m0/s1. The third-order valence-electron chi connectivity index (χ3n) is 5.04. The minimum absolute atomic E-state index is 0.0536. The van der Waals surface area contributed by atoms with Gasteiger partial charge in [-0.2, -0.15) is 5.10 Å². The number of carbonyl (C=O) groups is 2. The molecule has 0 unspecified atom stereocenters. The van der Waals surface area contributed by atoms with Crippen LogP contribution in [0.3, 0.4) is 0 Å². The number of para-hydroxylation sites is 3. The van der Waals surface area contributed by atoms with E-state index in [1.807, 2.05) is 43.3 Å². The Morgan fingerprint density at radius 1 is 1.23 bits per heavy atom. The molecule has 3 aromatic rings. The van der Waals surface area contributed by atoms with Gasteiger partial charge in [0.25, 0.3) is 11.8 Å². The van der Waals surface area contributed by atoms with Crippen LogP contribution in [0.1, 0.15) is 21.7 Å². The van der Waals surface area contributed by atoms with Crippen LogP contribution in [0.4, 0.5) is 11.4 Å². The first-order chi connectivity index (χ1) is 14.5. The number of rotatable bonds is 5. The Kier molecular flexibility index (Phi) is 5.38. The lowest BCUT2D eigenvalue weighted by atomic mass is 10.2. The predicted molar refractivity (Wildman–Crippen MR) is 114 cm³/mol. The number of hydrogen-bond acceptors (Lipinski definition) is 5. The summed E-state index contributed by atoms with van der Waals surface area (Å²) in [5.74, 6) is -0.0746. The molecule has 30 heavy (non-hydrogen) atoms. The van der Waals surface area contributed by atoms with Gasteiger partial charge in [-0.25, -0.2) is 0 Å². The van der Waals surface area contributed by atoms with Crippen LogP contribution in [0.2, 0.25) is 0 Å². The average molecular weight is 405 g/mol. The smallest absolute Gasteiger partial charge is 0.272 e. The quantitative estimate of drug-likeness (QED) is 0.606.